The Morgan fingerprint density at radius 2 is 2.25 bits per heavy atom. The van der Waals surface area contributed by atoms with Crippen LogP contribution in [0.5, 0.6) is 0 Å². The van der Waals surface area contributed by atoms with Gasteiger partial charge < -0.3 is 15.0 Å². The lowest BCUT2D eigenvalue weighted by atomic mass is 10.1. The first-order valence-corrected chi connectivity index (χ1v) is 6.87. The Labute approximate surface area is 99.5 Å². The van der Waals surface area contributed by atoms with E-state index >= 15 is 0 Å². The first-order valence-electron chi connectivity index (χ1n) is 6.87. The molecule has 2 aliphatic heterocycles. The third kappa shape index (κ3) is 3.72. The van der Waals surface area contributed by atoms with Gasteiger partial charge in [0.1, 0.15) is 0 Å². The molecule has 3 heteroatoms. The van der Waals surface area contributed by atoms with Crippen LogP contribution in [0.2, 0.25) is 0 Å². The predicted molar refractivity (Wildman–Crippen MR) is 66.7 cm³/mol. The van der Waals surface area contributed by atoms with Crippen LogP contribution in [0.4, 0.5) is 0 Å². The molecule has 1 N–H and O–H groups in total. The third-order valence-corrected chi connectivity index (χ3v) is 3.98. The summed E-state index contributed by atoms with van der Waals surface area (Å²) < 4.78 is 5.45. The van der Waals surface area contributed by atoms with Gasteiger partial charge in [-0.3, -0.25) is 0 Å². The zero-order valence-corrected chi connectivity index (χ0v) is 10.6. The van der Waals surface area contributed by atoms with Crippen LogP contribution in [0.1, 0.15) is 38.5 Å². The quantitative estimate of drug-likeness (QED) is 0.771. The minimum atomic E-state index is 0.485. The molecule has 3 nitrogen and oxygen atoms in total. The lowest BCUT2D eigenvalue weighted by molar-refractivity contribution is 0.0307. The van der Waals surface area contributed by atoms with E-state index in [1.54, 1.807) is 0 Å². The van der Waals surface area contributed by atoms with Crippen molar-refractivity contribution in [1.29, 1.82) is 0 Å². The van der Waals surface area contributed by atoms with Crippen molar-refractivity contribution in [2.24, 2.45) is 0 Å². The Kier molecular flexibility index (Phi) is 5.07. The van der Waals surface area contributed by atoms with Gasteiger partial charge in [0, 0.05) is 19.7 Å². The molecular weight excluding hydrogens is 200 g/mol. The summed E-state index contributed by atoms with van der Waals surface area (Å²) >= 11 is 0. The number of hydrogen-bond acceptors (Lipinski definition) is 3. The van der Waals surface area contributed by atoms with Crippen LogP contribution in [0.15, 0.2) is 0 Å². The summed E-state index contributed by atoms with van der Waals surface area (Å²) in [6, 6.07) is 0.808. The Morgan fingerprint density at radius 3 is 3.00 bits per heavy atom. The second-order valence-electron chi connectivity index (χ2n) is 5.24. The highest BCUT2D eigenvalue weighted by Crippen LogP contribution is 2.15. The SMILES string of the molecule is COC1CCCN(CCCC2CCCN2)C1. The minimum absolute atomic E-state index is 0.485. The van der Waals surface area contributed by atoms with Crippen LogP contribution in [0.25, 0.3) is 0 Å². The van der Waals surface area contributed by atoms with Gasteiger partial charge in [-0.1, -0.05) is 0 Å². The fourth-order valence-electron chi connectivity index (χ4n) is 2.97. The second-order valence-corrected chi connectivity index (χ2v) is 5.24. The molecule has 2 heterocycles. The molecule has 94 valence electrons. The Balaban J connectivity index is 1.58. The first-order chi connectivity index (χ1) is 7.88. The maximum absolute atomic E-state index is 5.45. The molecule has 2 atom stereocenters. The van der Waals surface area contributed by atoms with Crippen LogP contribution in [-0.4, -0.2) is 50.3 Å². The highest BCUT2D eigenvalue weighted by molar-refractivity contribution is 4.76. The van der Waals surface area contributed by atoms with E-state index in [-0.39, 0.29) is 0 Å². The third-order valence-electron chi connectivity index (χ3n) is 3.98. The lowest BCUT2D eigenvalue weighted by Crippen LogP contribution is -2.40. The molecule has 0 radical (unpaired) electrons. The van der Waals surface area contributed by atoms with Gasteiger partial charge in [0.05, 0.1) is 6.10 Å². The summed E-state index contributed by atoms with van der Waals surface area (Å²) in [5.74, 6) is 0. The summed E-state index contributed by atoms with van der Waals surface area (Å²) in [5, 5.41) is 3.57. The van der Waals surface area contributed by atoms with E-state index in [2.05, 4.69) is 10.2 Å². The molecule has 0 saturated carbocycles. The summed E-state index contributed by atoms with van der Waals surface area (Å²) in [6.07, 6.45) is 8.50. The fourth-order valence-corrected chi connectivity index (χ4v) is 2.97. The van der Waals surface area contributed by atoms with Crippen molar-refractivity contribution in [1.82, 2.24) is 10.2 Å². The highest BCUT2D eigenvalue weighted by atomic mass is 16.5. The predicted octanol–water partition coefficient (Wildman–Crippen LogP) is 1.63. The molecule has 2 saturated heterocycles. The van der Waals surface area contributed by atoms with Crippen LogP contribution >= 0.6 is 0 Å². The van der Waals surface area contributed by atoms with Gasteiger partial charge in [0.2, 0.25) is 0 Å². The number of nitrogens with one attached hydrogen (secondary N) is 1. The Hall–Kier alpha value is -0.120. The average Bonchev–Trinajstić information content (AvgIpc) is 2.82. The summed E-state index contributed by atoms with van der Waals surface area (Å²) in [5.41, 5.74) is 0. The molecule has 0 spiro atoms. The molecule has 0 aromatic rings. The fraction of sp³-hybridized carbons (Fsp3) is 1.00. The summed E-state index contributed by atoms with van der Waals surface area (Å²) in [7, 11) is 1.84. The zero-order valence-electron chi connectivity index (χ0n) is 10.6. The van der Waals surface area contributed by atoms with Gasteiger partial charge in [0.25, 0.3) is 0 Å². The van der Waals surface area contributed by atoms with Crippen molar-refractivity contribution >= 4 is 0 Å². The molecule has 0 aromatic heterocycles. The van der Waals surface area contributed by atoms with Gasteiger partial charge in [-0.05, 0) is 58.2 Å². The maximum Gasteiger partial charge on any atom is 0.0698 e. The van der Waals surface area contributed by atoms with E-state index in [1.165, 1.54) is 58.2 Å². The van der Waals surface area contributed by atoms with E-state index in [4.69, 9.17) is 4.74 Å². The molecule has 0 bridgehead atoms. The number of nitrogens with zero attached hydrogens (tertiary/aromatic N) is 1. The van der Waals surface area contributed by atoms with Crippen LogP contribution in [-0.2, 0) is 4.74 Å². The van der Waals surface area contributed by atoms with Gasteiger partial charge in [-0.2, -0.15) is 0 Å². The van der Waals surface area contributed by atoms with Crippen molar-refractivity contribution in [2.45, 2.75) is 50.7 Å². The van der Waals surface area contributed by atoms with Crippen molar-refractivity contribution in [3.05, 3.63) is 0 Å². The average molecular weight is 226 g/mol. The molecular formula is C13H26N2O. The van der Waals surface area contributed by atoms with Crippen molar-refractivity contribution in [2.75, 3.05) is 33.3 Å². The lowest BCUT2D eigenvalue weighted by Gasteiger charge is -2.32. The molecule has 0 aromatic carbocycles. The number of piperidine rings is 1. The molecule has 0 amide bonds. The van der Waals surface area contributed by atoms with Gasteiger partial charge in [0.15, 0.2) is 0 Å². The first kappa shape index (κ1) is 12.3. The smallest absolute Gasteiger partial charge is 0.0698 e. The number of rotatable bonds is 5. The molecule has 16 heavy (non-hydrogen) atoms. The molecule has 2 unspecified atom stereocenters. The van der Waals surface area contributed by atoms with Crippen LogP contribution in [0, 0.1) is 0 Å². The topological polar surface area (TPSA) is 24.5 Å². The number of methoxy groups -OCH3 is 1. The van der Waals surface area contributed by atoms with E-state index in [0.717, 1.165) is 12.6 Å². The highest BCUT2D eigenvalue weighted by Gasteiger charge is 2.19. The van der Waals surface area contributed by atoms with Gasteiger partial charge in [-0.15, -0.1) is 0 Å². The minimum Gasteiger partial charge on any atom is -0.380 e. The molecule has 0 aliphatic carbocycles. The molecule has 2 fully saturated rings. The monoisotopic (exact) mass is 226 g/mol. The number of hydrogen-bond donors (Lipinski definition) is 1. The van der Waals surface area contributed by atoms with Gasteiger partial charge in [-0.25, -0.2) is 0 Å². The van der Waals surface area contributed by atoms with Crippen molar-refractivity contribution in [3.63, 3.8) is 0 Å². The van der Waals surface area contributed by atoms with Gasteiger partial charge >= 0.3 is 0 Å². The Bertz CT molecular complexity index is 192. The van der Waals surface area contributed by atoms with E-state index < -0.39 is 0 Å². The number of likely N-dealkylation sites (tertiary alicyclic amines) is 1. The molecule has 2 aliphatic rings. The van der Waals surface area contributed by atoms with E-state index in [9.17, 15) is 0 Å². The maximum atomic E-state index is 5.45. The van der Waals surface area contributed by atoms with E-state index in [0.29, 0.717) is 6.10 Å². The standard InChI is InChI=1S/C13H26N2O/c1-16-13-7-4-10-15(11-13)9-3-6-12-5-2-8-14-12/h12-14H,2-11H2,1H3. The summed E-state index contributed by atoms with van der Waals surface area (Å²) in [6.45, 7) is 4.92. The van der Waals surface area contributed by atoms with Crippen LogP contribution < -0.4 is 5.32 Å². The number of ether oxygens (including phenoxy) is 1. The van der Waals surface area contributed by atoms with Crippen molar-refractivity contribution in [3.8, 4) is 0 Å². The summed E-state index contributed by atoms with van der Waals surface area (Å²) in [4.78, 5) is 2.58. The second kappa shape index (κ2) is 6.58. The Morgan fingerprint density at radius 1 is 1.31 bits per heavy atom. The largest absolute Gasteiger partial charge is 0.380 e. The van der Waals surface area contributed by atoms with Crippen LogP contribution in [0.3, 0.4) is 0 Å². The van der Waals surface area contributed by atoms with E-state index in [1.807, 2.05) is 7.11 Å². The van der Waals surface area contributed by atoms with Crippen molar-refractivity contribution < 1.29 is 4.74 Å². The normalized spacial score (nSPS) is 32.1. The molecule has 2 rings (SSSR count). The zero-order chi connectivity index (χ0) is 11.2.